The lowest BCUT2D eigenvalue weighted by Gasteiger charge is -2.23. The van der Waals surface area contributed by atoms with Crippen LogP contribution >= 0.6 is 0 Å². The van der Waals surface area contributed by atoms with Gasteiger partial charge in [0.25, 0.3) is 0 Å². The van der Waals surface area contributed by atoms with Crippen LogP contribution in [0.2, 0.25) is 0 Å². The van der Waals surface area contributed by atoms with Crippen molar-refractivity contribution in [2.75, 3.05) is 10.6 Å². The average Bonchev–Trinajstić information content (AvgIpc) is 3.02. The van der Waals surface area contributed by atoms with Crippen LogP contribution in [0.1, 0.15) is 33.6 Å². The zero-order valence-corrected chi connectivity index (χ0v) is 10.6. The monoisotopic (exact) mass is 233 g/mol. The number of rotatable bonds is 3. The molecule has 0 aliphatic heterocycles. The number of anilines is 2. The van der Waals surface area contributed by atoms with Crippen LogP contribution in [-0.2, 0) is 4.79 Å². The lowest BCUT2D eigenvalue weighted by atomic mass is 10.1. The van der Waals surface area contributed by atoms with Crippen molar-refractivity contribution < 1.29 is 4.79 Å². The molecule has 2 N–H and O–H groups in total. The number of amides is 1. The molecule has 0 aromatic carbocycles. The van der Waals surface area contributed by atoms with Gasteiger partial charge in [-0.2, -0.15) is 0 Å². The quantitative estimate of drug-likeness (QED) is 0.843. The summed E-state index contributed by atoms with van der Waals surface area (Å²) < 4.78 is 0. The van der Waals surface area contributed by atoms with Gasteiger partial charge in [0.15, 0.2) is 0 Å². The van der Waals surface area contributed by atoms with E-state index >= 15 is 0 Å². The van der Waals surface area contributed by atoms with Gasteiger partial charge in [-0.1, -0.05) is 0 Å². The van der Waals surface area contributed by atoms with E-state index in [1.807, 2.05) is 12.1 Å². The first-order valence-electron chi connectivity index (χ1n) is 6.00. The highest BCUT2D eigenvalue weighted by atomic mass is 16.2. The number of nitrogens with one attached hydrogen (secondary N) is 2. The number of carbonyl (C=O) groups is 1. The fourth-order valence-electron chi connectivity index (χ4n) is 1.54. The van der Waals surface area contributed by atoms with E-state index in [0.29, 0.717) is 0 Å². The Hall–Kier alpha value is -1.58. The van der Waals surface area contributed by atoms with Crippen molar-refractivity contribution in [3.8, 4) is 0 Å². The molecule has 17 heavy (non-hydrogen) atoms. The highest BCUT2D eigenvalue weighted by Gasteiger charge is 2.30. The smallest absolute Gasteiger partial charge is 0.227 e. The maximum absolute atomic E-state index is 11.7. The number of aromatic nitrogens is 1. The Morgan fingerprint density at radius 3 is 2.71 bits per heavy atom. The van der Waals surface area contributed by atoms with Crippen LogP contribution in [0.3, 0.4) is 0 Å². The second-order valence-corrected chi connectivity index (χ2v) is 5.54. The maximum atomic E-state index is 11.7. The molecule has 0 radical (unpaired) electrons. The molecule has 1 aliphatic carbocycles. The van der Waals surface area contributed by atoms with Crippen molar-refractivity contribution in [3.63, 3.8) is 0 Å². The average molecular weight is 233 g/mol. The minimum Gasteiger partial charge on any atom is -0.364 e. The highest BCUT2D eigenvalue weighted by molar-refractivity contribution is 5.96. The summed E-state index contributed by atoms with van der Waals surface area (Å²) in [7, 11) is 0. The molecule has 1 aromatic rings. The van der Waals surface area contributed by atoms with Gasteiger partial charge in [-0.3, -0.25) is 4.79 Å². The summed E-state index contributed by atoms with van der Waals surface area (Å²) in [5, 5.41) is 6.22. The SMILES string of the molecule is CC(C)(C)Nc1ncccc1NC(=O)C1CC1. The Kier molecular flexibility index (Phi) is 3.05. The van der Waals surface area contributed by atoms with E-state index in [4.69, 9.17) is 0 Å². The predicted molar refractivity (Wildman–Crippen MR) is 69.0 cm³/mol. The van der Waals surface area contributed by atoms with Gasteiger partial charge in [0.2, 0.25) is 5.91 Å². The number of hydrogen-bond acceptors (Lipinski definition) is 3. The largest absolute Gasteiger partial charge is 0.364 e. The van der Waals surface area contributed by atoms with Crippen LogP contribution in [0.15, 0.2) is 18.3 Å². The van der Waals surface area contributed by atoms with Crippen molar-refractivity contribution in [2.45, 2.75) is 39.2 Å². The van der Waals surface area contributed by atoms with Crippen LogP contribution in [0.25, 0.3) is 0 Å². The molecule has 1 amide bonds. The molecule has 4 heteroatoms. The van der Waals surface area contributed by atoms with Gasteiger partial charge in [0.1, 0.15) is 5.82 Å². The number of carbonyl (C=O) groups excluding carboxylic acids is 1. The van der Waals surface area contributed by atoms with Gasteiger partial charge in [-0.15, -0.1) is 0 Å². The van der Waals surface area contributed by atoms with Gasteiger partial charge in [0.05, 0.1) is 5.69 Å². The Morgan fingerprint density at radius 1 is 1.41 bits per heavy atom. The standard InChI is InChI=1S/C13H19N3O/c1-13(2,3)16-11-10(5-4-8-14-11)15-12(17)9-6-7-9/h4-5,8-9H,6-7H2,1-3H3,(H,14,16)(H,15,17). The van der Waals surface area contributed by atoms with Crippen molar-refractivity contribution in [3.05, 3.63) is 18.3 Å². The summed E-state index contributed by atoms with van der Waals surface area (Å²) in [6.07, 6.45) is 3.74. The van der Waals surface area contributed by atoms with Gasteiger partial charge in [0, 0.05) is 17.7 Å². The molecular weight excluding hydrogens is 214 g/mol. The number of pyridine rings is 1. The molecule has 0 atom stereocenters. The maximum Gasteiger partial charge on any atom is 0.227 e. The second kappa shape index (κ2) is 4.35. The minimum atomic E-state index is -0.0760. The normalized spacial score (nSPS) is 15.5. The fourth-order valence-corrected chi connectivity index (χ4v) is 1.54. The summed E-state index contributed by atoms with van der Waals surface area (Å²) in [5.74, 6) is 1.04. The third kappa shape index (κ3) is 3.44. The lowest BCUT2D eigenvalue weighted by molar-refractivity contribution is -0.117. The van der Waals surface area contributed by atoms with E-state index < -0.39 is 0 Å². The van der Waals surface area contributed by atoms with E-state index in [0.717, 1.165) is 24.3 Å². The number of nitrogens with zero attached hydrogens (tertiary/aromatic N) is 1. The Balaban J connectivity index is 2.12. The van der Waals surface area contributed by atoms with E-state index in [9.17, 15) is 4.79 Å². The molecular formula is C13H19N3O. The summed E-state index contributed by atoms with van der Waals surface area (Å²) >= 11 is 0. The van der Waals surface area contributed by atoms with Crippen molar-refractivity contribution in [1.29, 1.82) is 0 Å². The van der Waals surface area contributed by atoms with Crippen molar-refractivity contribution in [2.24, 2.45) is 5.92 Å². The van der Waals surface area contributed by atoms with E-state index in [-0.39, 0.29) is 17.4 Å². The van der Waals surface area contributed by atoms with Crippen LogP contribution in [0.4, 0.5) is 11.5 Å². The molecule has 0 saturated heterocycles. The van der Waals surface area contributed by atoms with Gasteiger partial charge < -0.3 is 10.6 Å². The Labute approximate surface area is 102 Å². The molecule has 92 valence electrons. The predicted octanol–water partition coefficient (Wildman–Crippen LogP) is 2.64. The topological polar surface area (TPSA) is 54.0 Å². The number of hydrogen-bond donors (Lipinski definition) is 2. The van der Waals surface area contributed by atoms with Crippen molar-refractivity contribution >= 4 is 17.4 Å². The molecule has 0 unspecified atom stereocenters. The highest BCUT2D eigenvalue weighted by Crippen LogP contribution is 2.31. The molecule has 1 aromatic heterocycles. The van der Waals surface area contributed by atoms with Crippen LogP contribution in [-0.4, -0.2) is 16.4 Å². The van der Waals surface area contributed by atoms with Gasteiger partial charge >= 0.3 is 0 Å². The van der Waals surface area contributed by atoms with Crippen molar-refractivity contribution in [1.82, 2.24) is 4.98 Å². The third-order valence-corrected chi connectivity index (χ3v) is 2.51. The Morgan fingerprint density at radius 2 is 2.12 bits per heavy atom. The molecule has 1 heterocycles. The second-order valence-electron chi connectivity index (χ2n) is 5.54. The molecule has 1 fully saturated rings. The third-order valence-electron chi connectivity index (χ3n) is 2.51. The minimum absolute atomic E-state index is 0.0760. The van der Waals surface area contributed by atoms with Gasteiger partial charge in [-0.25, -0.2) is 4.98 Å². The zero-order valence-electron chi connectivity index (χ0n) is 10.6. The molecule has 1 aliphatic rings. The van der Waals surface area contributed by atoms with E-state index in [2.05, 4.69) is 36.4 Å². The van der Waals surface area contributed by atoms with E-state index in [1.165, 1.54) is 0 Å². The summed E-state index contributed by atoms with van der Waals surface area (Å²) in [6, 6.07) is 3.71. The Bertz CT molecular complexity index is 419. The fraction of sp³-hybridized carbons (Fsp3) is 0.538. The summed E-state index contributed by atoms with van der Waals surface area (Å²) in [4.78, 5) is 16.0. The molecule has 2 rings (SSSR count). The molecule has 0 spiro atoms. The van der Waals surface area contributed by atoms with E-state index in [1.54, 1.807) is 6.20 Å². The molecule has 4 nitrogen and oxygen atoms in total. The molecule has 1 saturated carbocycles. The van der Waals surface area contributed by atoms with Crippen LogP contribution in [0, 0.1) is 5.92 Å². The summed E-state index contributed by atoms with van der Waals surface area (Å²) in [5.41, 5.74) is 0.687. The van der Waals surface area contributed by atoms with Crippen LogP contribution < -0.4 is 10.6 Å². The lowest BCUT2D eigenvalue weighted by Crippen LogP contribution is -2.27. The van der Waals surface area contributed by atoms with Crippen LogP contribution in [0.5, 0.6) is 0 Å². The molecule has 0 bridgehead atoms. The first-order chi connectivity index (χ1) is 7.96. The van der Waals surface area contributed by atoms with Gasteiger partial charge in [-0.05, 0) is 45.7 Å². The summed E-state index contributed by atoms with van der Waals surface area (Å²) in [6.45, 7) is 6.19. The zero-order chi connectivity index (χ0) is 12.5. The first kappa shape index (κ1) is 11.9. The first-order valence-corrected chi connectivity index (χ1v) is 6.00.